The molecule has 1 atom stereocenters. The Morgan fingerprint density at radius 1 is 1.47 bits per heavy atom. The molecule has 1 N–H and O–H groups in total. The number of ether oxygens (including phenoxy) is 1. The summed E-state index contributed by atoms with van der Waals surface area (Å²) in [5, 5.41) is 0. The van der Waals surface area contributed by atoms with Crippen LogP contribution in [0.5, 0.6) is 0 Å². The number of methoxy groups -OCH3 is 1. The molecular formula is C13H19BrN2O3. The molecule has 0 fully saturated rings. The number of rotatable bonds is 5. The van der Waals surface area contributed by atoms with Gasteiger partial charge in [0, 0.05) is 22.8 Å². The van der Waals surface area contributed by atoms with Gasteiger partial charge in [0.15, 0.2) is 0 Å². The third-order valence-corrected chi connectivity index (χ3v) is 2.66. The van der Waals surface area contributed by atoms with Crippen molar-refractivity contribution in [1.29, 1.82) is 0 Å². The van der Waals surface area contributed by atoms with Gasteiger partial charge < -0.3 is 4.74 Å². The molecule has 0 amide bonds. The summed E-state index contributed by atoms with van der Waals surface area (Å²) in [7, 11) is 1.35. The van der Waals surface area contributed by atoms with E-state index in [0.29, 0.717) is 6.42 Å². The minimum absolute atomic E-state index is 0.381. The lowest BCUT2D eigenvalue weighted by Crippen LogP contribution is -2.43. The van der Waals surface area contributed by atoms with Gasteiger partial charge in [-0.25, -0.2) is 0 Å². The Balaban J connectivity index is 2.69. The minimum Gasteiger partial charge on any atom is -0.468 e. The van der Waals surface area contributed by atoms with Crippen LogP contribution < -0.4 is 5.48 Å². The predicted octanol–water partition coefficient (Wildman–Crippen LogP) is 2.25. The van der Waals surface area contributed by atoms with Crippen LogP contribution in [0.15, 0.2) is 22.8 Å². The van der Waals surface area contributed by atoms with Crippen molar-refractivity contribution in [2.24, 2.45) is 0 Å². The molecule has 0 bridgehead atoms. The number of halogens is 1. The zero-order chi connectivity index (χ0) is 14.5. The van der Waals surface area contributed by atoms with Gasteiger partial charge in [0.1, 0.15) is 6.04 Å². The fraction of sp³-hybridized carbons (Fsp3) is 0.538. The number of carbonyl (C=O) groups excluding carboxylic acids is 1. The van der Waals surface area contributed by atoms with Crippen molar-refractivity contribution in [3.8, 4) is 0 Å². The van der Waals surface area contributed by atoms with Crippen molar-refractivity contribution in [1.82, 2.24) is 10.5 Å². The van der Waals surface area contributed by atoms with Gasteiger partial charge in [-0.2, -0.15) is 5.48 Å². The Hall–Kier alpha value is -0.980. The van der Waals surface area contributed by atoms with E-state index in [0.717, 1.165) is 10.2 Å². The van der Waals surface area contributed by atoms with Gasteiger partial charge in [-0.3, -0.25) is 14.6 Å². The topological polar surface area (TPSA) is 60.5 Å². The first-order chi connectivity index (χ1) is 8.81. The highest BCUT2D eigenvalue weighted by Crippen LogP contribution is 2.10. The molecule has 1 rings (SSSR count). The van der Waals surface area contributed by atoms with Crippen LogP contribution in [0.2, 0.25) is 0 Å². The molecule has 1 aromatic rings. The van der Waals surface area contributed by atoms with Crippen LogP contribution in [0.1, 0.15) is 26.5 Å². The number of carbonyl (C=O) groups is 1. The fourth-order valence-corrected chi connectivity index (χ4v) is 1.53. The van der Waals surface area contributed by atoms with E-state index in [1.165, 1.54) is 7.11 Å². The first kappa shape index (κ1) is 16.1. The molecule has 5 nitrogen and oxygen atoms in total. The summed E-state index contributed by atoms with van der Waals surface area (Å²) in [6.07, 6.45) is 2.09. The van der Waals surface area contributed by atoms with Gasteiger partial charge in [0.2, 0.25) is 0 Å². The van der Waals surface area contributed by atoms with Crippen molar-refractivity contribution < 1.29 is 14.4 Å². The highest BCUT2D eigenvalue weighted by Gasteiger charge is 2.23. The average molecular weight is 331 g/mol. The average Bonchev–Trinajstić information content (AvgIpc) is 2.34. The van der Waals surface area contributed by atoms with Crippen LogP contribution >= 0.6 is 15.9 Å². The zero-order valence-electron chi connectivity index (χ0n) is 11.6. The van der Waals surface area contributed by atoms with Gasteiger partial charge in [-0.15, -0.1) is 0 Å². The first-order valence-electron chi connectivity index (χ1n) is 5.93. The molecule has 0 radical (unpaired) electrons. The van der Waals surface area contributed by atoms with E-state index in [4.69, 9.17) is 9.57 Å². The summed E-state index contributed by atoms with van der Waals surface area (Å²) < 4.78 is 5.65. The molecule has 0 spiro atoms. The largest absolute Gasteiger partial charge is 0.468 e. The first-order valence-corrected chi connectivity index (χ1v) is 6.73. The van der Waals surface area contributed by atoms with Crippen molar-refractivity contribution in [2.75, 3.05) is 7.11 Å². The van der Waals surface area contributed by atoms with E-state index < -0.39 is 6.04 Å². The predicted molar refractivity (Wildman–Crippen MR) is 75.4 cm³/mol. The summed E-state index contributed by atoms with van der Waals surface area (Å²) in [4.78, 5) is 21.3. The van der Waals surface area contributed by atoms with E-state index in [9.17, 15) is 4.79 Å². The summed E-state index contributed by atoms with van der Waals surface area (Å²) in [5.74, 6) is -0.381. The number of nitrogens with one attached hydrogen (secondary N) is 1. The normalized spacial score (nSPS) is 13.1. The maximum absolute atomic E-state index is 11.7. The Morgan fingerprint density at radius 2 is 2.16 bits per heavy atom. The van der Waals surface area contributed by atoms with Gasteiger partial charge in [0.05, 0.1) is 12.7 Å². The summed E-state index contributed by atoms with van der Waals surface area (Å²) in [6.45, 7) is 5.69. The molecule has 0 aromatic carbocycles. The summed E-state index contributed by atoms with van der Waals surface area (Å²) >= 11 is 3.32. The van der Waals surface area contributed by atoms with Crippen molar-refractivity contribution in [3.05, 3.63) is 28.5 Å². The van der Waals surface area contributed by atoms with E-state index >= 15 is 0 Å². The van der Waals surface area contributed by atoms with Crippen molar-refractivity contribution in [3.63, 3.8) is 0 Å². The van der Waals surface area contributed by atoms with Gasteiger partial charge >= 0.3 is 5.97 Å². The molecule has 0 saturated heterocycles. The van der Waals surface area contributed by atoms with E-state index in [-0.39, 0.29) is 11.6 Å². The standard InChI is InChI=1S/C13H19BrN2O3/c1-13(2,3)19-16-11(12(17)18-4)7-10-6-5-9(14)8-15-10/h5-6,8,11,16H,7H2,1-4H3/t11-/m0/s1. The second-order valence-corrected chi connectivity index (χ2v) is 6.00. The molecule has 0 unspecified atom stereocenters. The van der Waals surface area contributed by atoms with Crippen molar-refractivity contribution >= 4 is 21.9 Å². The molecule has 1 heterocycles. The van der Waals surface area contributed by atoms with E-state index in [1.54, 1.807) is 6.20 Å². The third-order valence-electron chi connectivity index (χ3n) is 2.19. The van der Waals surface area contributed by atoms with Crippen LogP contribution in [0.3, 0.4) is 0 Å². The van der Waals surface area contributed by atoms with Gasteiger partial charge in [-0.1, -0.05) is 0 Å². The van der Waals surface area contributed by atoms with Gasteiger partial charge in [-0.05, 0) is 48.8 Å². The maximum atomic E-state index is 11.7. The molecule has 0 aliphatic carbocycles. The second kappa shape index (κ2) is 6.98. The quantitative estimate of drug-likeness (QED) is 0.662. The van der Waals surface area contributed by atoms with Crippen LogP contribution in [0.25, 0.3) is 0 Å². The molecule has 0 saturated carbocycles. The highest BCUT2D eigenvalue weighted by molar-refractivity contribution is 9.10. The zero-order valence-corrected chi connectivity index (χ0v) is 13.2. The van der Waals surface area contributed by atoms with Crippen LogP contribution in [-0.2, 0) is 20.8 Å². The minimum atomic E-state index is -0.585. The molecular weight excluding hydrogens is 312 g/mol. The number of esters is 1. The van der Waals surface area contributed by atoms with Crippen LogP contribution in [0, 0.1) is 0 Å². The van der Waals surface area contributed by atoms with Gasteiger partial charge in [0.25, 0.3) is 0 Å². The number of nitrogens with zero attached hydrogens (tertiary/aromatic N) is 1. The summed E-state index contributed by atoms with van der Waals surface area (Å²) in [6, 6.07) is 3.14. The smallest absolute Gasteiger partial charge is 0.325 e. The molecule has 19 heavy (non-hydrogen) atoms. The number of aromatic nitrogens is 1. The number of hydrogen-bond donors (Lipinski definition) is 1. The number of hydrogen-bond acceptors (Lipinski definition) is 5. The fourth-order valence-electron chi connectivity index (χ4n) is 1.30. The Bertz CT molecular complexity index is 415. The number of pyridine rings is 1. The van der Waals surface area contributed by atoms with Crippen molar-refractivity contribution in [2.45, 2.75) is 38.8 Å². The summed E-state index contributed by atoms with van der Waals surface area (Å²) in [5.41, 5.74) is 3.14. The second-order valence-electron chi connectivity index (χ2n) is 5.08. The Kier molecular flexibility index (Phi) is 5.90. The lowest BCUT2D eigenvalue weighted by molar-refractivity contribution is -0.153. The maximum Gasteiger partial charge on any atom is 0.325 e. The lowest BCUT2D eigenvalue weighted by Gasteiger charge is -2.23. The third kappa shape index (κ3) is 6.13. The molecule has 1 aromatic heterocycles. The highest BCUT2D eigenvalue weighted by atomic mass is 79.9. The Morgan fingerprint density at radius 3 is 2.63 bits per heavy atom. The lowest BCUT2D eigenvalue weighted by atomic mass is 10.1. The van der Waals surface area contributed by atoms with E-state index in [2.05, 4.69) is 26.4 Å². The molecule has 0 aliphatic rings. The monoisotopic (exact) mass is 330 g/mol. The molecule has 6 heteroatoms. The number of hydroxylamine groups is 1. The Labute approximate surface area is 121 Å². The van der Waals surface area contributed by atoms with Crippen LogP contribution in [-0.4, -0.2) is 29.7 Å². The van der Waals surface area contributed by atoms with Crippen LogP contribution in [0.4, 0.5) is 0 Å². The molecule has 0 aliphatic heterocycles. The molecule has 106 valence electrons. The SMILES string of the molecule is COC(=O)[C@H](Cc1ccc(Br)cn1)NOC(C)(C)C. The van der Waals surface area contributed by atoms with E-state index in [1.807, 2.05) is 32.9 Å².